The van der Waals surface area contributed by atoms with Gasteiger partial charge in [0.25, 0.3) is 0 Å². The summed E-state index contributed by atoms with van der Waals surface area (Å²) in [6, 6.07) is 20.7. The second-order valence-electron chi connectivity index (χ2n) is 8.48. The molecule has 0 aromatic heterocycles. The molecule has 0 fully saturated rings. The maximum absolute atomic E-state index is 3.31. The summed E-state index contributed by atoms with van der Waals surface area (Å²) in [7, 11) is 0. The average Bonchev–Trinajstić information content (AvgIpc) is 2.57. The van der Waals surface area contributed by atoms with Crippen LogP contribution in [0.4, 0.5) is 0 Å². The van der Waals surface area contributed by atoms with Crippen LogP contribution < -0.4 is 0 Å². The molecule has 0 heterocycles. The molecule has 0 nitrogen and oxygen atoms in total. The maximum Gasteiger partial charge on any atom is 0.0156 e. The van der Waals surface area contributed by atoms with Crippen molar-refractivity contribution in [3.05, 3.63) is 94.7 Å². The van der Waals surface area contributed by atoms with Crippen LogP contribution in [0, 0.1) is 10.8 Å². The molecule has 0 unspecified atom stereocenters. The zero-order valence-electron chi connectivity index (χ0n) is 16.8. The third-order valence-electron chi connectivity index (χ3n) is 4.06. The summed E-state index contributed by atoms with van der Waals surface area (Å²) in [5.74, 6) is 0. The Morgan fingerprint density at radius 2 is 0.846 bits per heavy atom. The fourth-order valence-electron chi connectivity index (χ4n) is 2.78. The van der Waals surface area contributed by atoms with Crippen molar-refractivity contribution in [2.75, 3.05) is 0 Å². The Morgan fingerprint density at radius 3 is 1.12 bits per heavy atom. The van der Waals surface area contributed by atoms with Crippen molar-refractivity contribution in [2.45, 2.75) is 41.5 Å². The Hall–Kier alpha value is -2.70. The van der Waals surface area contributed by atoms with E-state index in [0.717, 1.165) is 22.3 Å². The summed E-state index contributed by atoms with van der Waals surface area (Å²) in [6.07, 6.45) is 0. The van der Waals surface area contributed by atoms with E-state index < -0.39 is 0 Å². The molecule has 0 radical (unpaired) electrons. The first kappa shape index (κ1) is 19.6. The molecule has 0 saturated heterocycles. The Kier molecular flexibility index (Phi) is 6.13. The molecule has 2 aromatic carbocycles. The number of allylic oxidation sites excluding steroid dienone is 2. The van der Waals surface area contributed by atoms with Gasteiger partial charge in [-0.2, -0.15) is 0 Å². The normalized spacial score (nSPS) is 10.8. The molecule has 0 aliphatic carbocycles. The van der Waals surface area contributed by atoms with Crippen molar-refractivity contribution in [3.63, 3.8) is 0 Å². The largest absolute Gasteiger partial charge is 0.0622 e. The SMILES string of the molecule is CC(C)(C)C(=C=C=C=C=C(c1ccccc1)C(C)(C)C)c1ccccc1. The van der Waals surface area contributed by atoms with Crippen LogP contribution >= 0.6 is 0 Å². The minimum Gasteiger partial charge on any atom is -0.0622 e. The summed E-state index contributed by atoms with van der Waals surface area (Å²) < 4.78 is 0. The highest BCUT2D eigenvalue weighted by Gasteiger charge is 2.19. The van der Waals surface area contributed by atoms with Gasteiger partial charge in [0.2, 0.25) is 0 Å². The van der Waals surface area contributed by atoms with Crippen molar-refractivity contribution in [1.82, 2.24) is 0 Å². The maximum atomic E-state index is 3.31. The molecule has 0 bridgehead atoms. The fraction of sp³-hybridized carbons (Fsp3) is 0.308. The van der Waals surface area contributed by atoms with Gasteiger partial charge in [0.1, 0.15) is 0 Å². The zero-order chi connectivity index (χ0) is 19.2. The highest BCUT2D eigenvalue weighted by molar-refractivity contribution is 5.70. The van der Waals surface area contributed by atoms with Gasteiger partial charge in [0.05, 0.1) is 0 Å². The molecule has 0 aliphatic rings. The molecule has 0 aliphatic heterocycles. The first-order valence-electron chi connectivity index (χ1n) is 9.07. The van der Waals surface area contributed by atoms with E-state index in [0.29, 0.717) is 0 Å². The molecule has 2 aromatic rings. The Bertz CT molecular complexity index is 824. The van der Waals surface area contributed by atoms with E-state index >= 15 is 0 Å². The molecule has 0 saturated carbocycles. The number of hydrogen-bond acceptors (Lipinski definition) is 0. The number of rotatable bonds is 2. The van der Waals surface area contributed by atoms with Gasteiger partial charge < -0.3 is 0 Å². The number of hydrogen-bond donors (Lipinski definition) is 0. The fourth-order valence-corrected chi connectivity index (χ4v) is 2.78. The second kappa shape index (κ2) is 8.12. The Balaban J connectivity index is 2.71. The molecular formula is C26H28. The van der Waals surface area contributed by atoms with Crippen LogP contribution in [-0.4, -0.2) is 0 Å². The second-order valence-corrected chi connectivity index (χ2v) is 8.48. The van der Waals surface area contributed by atoms with Crippen LogP contribution in [-0.2, 0) is 0 Å². The van der Waals surface area contributed by atoms with Gasteiger partial charge in [-0.15, -0.1) is 0 Å². The monoisotopic (exact) mass is 340 g/mol. The molecule has 0 N–H and O–H groups in total. The highest BCUT2D eigenvalue weighted by Crippen LogP contribution is 2.33. The van der Waals surface area contributed by atoms with Crippen LogP contribution in [0.1, 0.15) is 52.7 Å². The van der Waals surface area contributed by atoms with E-state index in [1.807, 2.05) is 12.1 Å². The highest BCUT2D eigenvalue weighted by atomic mass is 14.2. The van der Waals surface area contributed by atoms with E-state index in [1.54, 1.807) is 0 Å². The minimum absolute atomic E-state index is 0.0218. The molecule has 0 atom stereocenters. The van der Waals surface area contributed by atoms with Crippen LogP contribution in [0.15, 0.2) is 83.6 Å². The van der Waals surface area contributed by atoms with Crippen LogP contribution in [0.3, 0.4) is 0 Å². The van der Waals surface area contributed by atoms with Crippen LogP contribution in [0.5, 0.6) is 0 Å². The predicted octanol–water partition coefficient (Wildman–Crippen LogP) is 7.31. The van der Waals surface area contributed by atoms with Gasteiger partial charge in [0.15, 0.2) is 0 Å². The van der Waals surface area contributed by atoms with Gasteiger partial charge in [-0.25, -0.2) is 0 Å². The zero-order valence-corrected chi connectivity index (χ0v) is 16.8. The van der Waals surface area contributed by atoms with Crippen LogP contribution in [0.25, 0.3) is 11.1 Å². The molecular weight excluding hydrogens is 312 g/mol. The van der Waals surface area contributed by atoms with Crippen molar-refractivity contribution < 1.29 is 0 Å². The minimum atomic E-state index is -0.0218. The summed E-state index contributed by atoms with van der Waals surface area (Å²) in [5, 5.41) is 0. The third kappa shape index (κ3) is 5.40. The Morgan fingerprint density at radius 1 is 0.538 bits per heavy atom. The van der Waals surface area contributed by atoms with Gasteiger partial charge in [-0.3, -0.25) is 0 Å². The van der Waals surface area contributed by atoms with E-state index in [1.165, 1.54) is 0 Å². The summed E-state index contributed by atoms with van der Waals surface area (Å²) in [6.45, 7) is 13.1. The van der Waals surface area contributed by atoms with E-state index in [4.69, 9.17) is 0 Å². The van der Waals surface area contributed by atoms with Crippen LogP contribution in [0.2, 0.25) is 0 Å². The first-order chi connectivity index (χ1) is 12.2. The van der Waals surface area contributed by atoms with Crippen molar-refractivity contribution in [1.29, 1.82) is 0 Å². The van der Waals surface area contributed by atoms with E-state index in [-0.39, 0.29) is 10.8 Å². The van der Waals surface area contributed by atoms with Crippen molar-refractivity contribution in [3.8, 4) is 0 Å². The summed E-state index contributed by atoms with van der Waals surface area (Å²) in [5.41, 5.74) is 17.3. The van der Waals surface area contributed by atoms with Crippen molar-refractivity contribution >= 4 is 11.1 Å². The molecule has 2 rings (SSSR count). The predicted molar refractivity (Wildman–Crippen MR) is 113 cm³/mol. The number of benzene rings is 2. The van der Waals surface area contributed by atoms with Gasteiger partial charge in [-0.05, 0) is 33.4 Å². The lowest BCUT2D eigenvalue weighted by molar-refractivity contribution is 0.567. The summed E-state index contributed by atoms with van der Waals surface area (Å²) >= 11 is 0. The topological polar surface area (TPSA) is 0 Å². The van der Waals surface area contributed by atoms with Gasteiger partial charge in [-0.1, -0.05) is 114 Å². The van der Waals surface area contributed by atoms with Crippen molar-refractivity contribution in [2.24, 2.45) is 10.8 Å². The lowest BCUT2D eigenvalue weighted by Crippen LogP contribution is -2.07. The lowest BCUT2D eigenvalue weighted by Gasteiger charge is -2.20. The molecule has 132 valence electrons. The average molecular weight is 341 g/mol. The molecule has 0 heteroatoms. The van der Waals surface area contributed by atoms with E-state index in [2.05, 4.69) is 113 Å². The molecule has 0 amide bonds. The third-order valence-corrected chi connectivity index (χ3v) is 4.06. The van der Waals surface area contributed by atoms with Gasteiger partial charge >= 0.3 is 0 Å². The molecule has 26 heavy (non-hydrogen) atoms. The lowest BCUT2D eigenvalue weighted by atomic mass is 9.82. The standard InChI is InChI=1S/C26H28/c1-25(2,3)23(21-15-9-7-10-16-21)19-13-14-20-24(26(4,5)6)22-17-11-8-12-18-22/h7-12,15-18H,1-6H3. The smallest absolute Gasteiger partial charge is 0.0156 e. The first-order valence-corrected chi connectivity index (χ1v) is 9.07. The molecule has 0 spiro atoms. The van der Waals surface area contributed by atoms with E-state index in [9.17, 15) is 0 Å². The quantitative estimate of drug-likeness (QED) is 0.503. The summed E-state index contributed by atoms with van der Waals surface area (Å²) in [4.78, 5) is 0. The Labute approximate surface area is 158 Å². The van der Waals surface area contributed by atoms with Gasteiger partial charge in [0, 0.05) is 11.1 Å².